The number of nitrogens with one attached hydrogen (secondary N) is 2. The lowest BCUT2D eigenvalue weighted by molar-refractivity contribution is 0.0697. The molecule has 0 atom stereocenters. The summed E-state index contributed by atoms with van der Waals surface area (Å²) in [6.07, 6.45) is 0. The van der Waals surface area contributed by atoms with Gasteiger partial charge in [-0.1, -0.05) is 0 Å². The van der Waals surface area contributed by atoms with Gasteiger partial charge in [0, 0.05) is 18.3 Å². The quantitative estimate of drug-likeness (QED) is 0.234. The van der Waals surface area contributed by atoms with E-state index in [-0.39, 0.29) is 26.6 Å². The fourth-order valence-electron chi connectivity index (χ4n) is 2.77. The summed E-state index contributed by atoms with van der Waals surface area (Å²) in [7, 11) is 1.66. The molecule has 0 aliphatic carbocycles. The van der Waals surface area contributed by atoms with Crippen molar-refractivity contribution in [2.45, 2.75) is 6.92 Å². The maximum absolute atomic E-state index is 13.5. The highest BCUT2D eigenvalue weighted by Gasteiger charge is 2.20. The number of carbonyl (C=O) groups is 1. The van der Waals surface area contributed by atoms with Gasteiger partial charge >= 0.3 is 5.97 Å². The number of nitrogens with zero attached hydrogens (tertiary/aromatic N) is 3. The number of halogens is 2. The van der Waals surface area contributed by atoms with Crippen molar-refractivity contribution < 1.29 is 19.4 Å². The van der Waals surface area contributed by atoms with Crippen LogP contribution in [0.3, 0.4) is 0 Å². The van der Waals surface area contributed by atoms with Gasteiger partial charge in [-0.3, -0.25) is 10.1 Å². The van der Waals surface area contributed by atoms with Gasteiger partial charge in [-0.05, 0) is 77.5 Å². The second-order valence-corrected chi connectivity index (χ2v) is 7.71. The summed E-state index contributed by atoms with van der Waals surface area (Å²) < 4.78 is 15.3. The monoisotopic (exact) mass is 505 g/mol. The molecule has 11 heteroatoms. The van der Waals surface area contributed by atoms with Crippen molar-refractivity contribution in [2.24, 2.45) is 12.1 Å². The number of aromatic nitrogens is 2. The summed E-state index contributed by atoms with van der Waals surface area (Å²) in [6, 6.07) is 10.4. The van der Waals surface area contributed by atoms with Gasteiger partial charge in [0.05, 0.1) is 15.7 Å². The van der Waals surface area contributed by atoms with Crippen LogP contribution < -0.4 is 10.7 Å². The second kappa shape index (κ2) is 9.23. The number of aryl methyl sites for hydroxylation is 1. The van der Waals surface area contributed by atoms with Gasteiger partial charge in [0.15, 0.2) is 16.6 Å². The minimum absolute atomic E-state index is 0.104. The molecule has 2 aromatic carbocycles. The topological polar surface area (TPSA) is 112 Å². The van der Waals surface area contributed by atoms with Gasteiger partial charge in [-0.15, -0.1) is 0 Å². The van der Waals surface area contributed by atoms with Gasteiger partial charge in [0.2, 0.25) is 0 Å². The van der Waals surface area contributed by atoms with Crippen LogP contribution in [0.5, 0.6) is 5.75 Å². The van der Waals surface area contributed by atoms with E-state index in [4.69, 9.17) is 17.3 Å². The van der Waals surface area contributed by atoms with E-state index in [0.717, 1.165) is 0 Å². The Balaban J connectivity index is 1.75. The van der Waals surface area contributed by atoms with E-state index in [1.54, 1.807) is 38.2 Å². The van der Waals surface area contributed by atoms with Crippen molar-refractivity contribution in [3.63, 3.8) is 0 Å². The normalized spacial score (nSPS) is 11.3. The molecule has 3 rings (SSSR count). The lowest BCUT2D eigenvalue weighted by Gasteiger charge is -2.08. The molecule has 1 heterocycles. The predicted octanol–water partition coefficient (Wildman–Crippen LogP) is 4.10. The Morgan fingerprint density at radius 1 is 1.26 bits per heavy atom. The molecule has 8 nitrogen and oxygen atoms in total. The van der Waals surface area contributed by atoms with Crippen LogP contribution in [0.4, 0.5) is 10.1 Å². The van der Waals surface area contributed by atoms with Gasteiger partial charge < -0.3 is 15.5 Å². The number of aromatic hydroxyl groups is 1. The molecule has 0 aliphatic rings. The fraction of sp³-hybridized carbons (Fsp3) is 0.100. The minimum Gasteiger partial charge on any atom is -0.504 e. The van der Waals surface area contributed by atoms with Crippen LogP contribution in [0.1, 0.15) is 23.0 Å². The summed E-state index contributed by atoms with van der Waals surface area (Å²) in [5, 5.41) is 31.1. The van der Waals surface area contributed by atoms with E-state index < -0.39 is 11.8 Å². The molecule has 3 aromatic rings. The van der Waals surface area contributed by atoms with E-state index in [2.05, 4.69) is 36.9 Å². The van der Waals surface area contributed by atoms with E-state index in [1.165, 1.54) is 22.9 Å². The summed E-state index contributed by atoms with van der Waals surface area (Å²) in [4.78, 5) is 10.9. The predicted molar refractivity (Wildman–Crippen MR) is 123 cm³/mol. The summed E-state index contributed by atoms with van der Waals surface area (Å²) in [6.45, 7) is 1.64. The van der Waals surface area contributed by atoms with Crippen LogP contribution in [0.2, 0.25) is 0 Å². The maximum Gasteiger partial charge on any atom is 0.335 e. The highest BCUT2D eigenvalue weighted by atomic mass is 79.9. The molecule has 0 saturated heterocycles. The summed E-state index contributed by atoms with van der Waals surface area (Å²) in [5.74, 6) is -1.53. The van der Waals surface area contributed by atoms with Gasteiger partial charge in [0.25, 0.3) is 0 Å². The molecule has 0 fully saturated rings. The number of hydrazone groups is 1. The zero-order chi connectivity index (χ0) is 22.7. The zero-order valence-electron chi connectivity index (χ0n) is 16.3. The number of hydrogen-bond acceptors (Lipinski definition) is 5. The van der Waals surface area contributed by atoms with E-state index in [0.29, 0.717) is 22.7 Å². The molecule has 4 N–H and O–H groups in total. The second-order valence-electron chi connectivity index (χ2n) is 6.44. The average Bonchev–Trinajstić information content (AvgIpc) is 3.03. The Morgan fingerprint density at radius 3 is 2.55 bits per heavy atom. The highest BCUT2D eigenvalue weighted by molar-refractivity contribution is 9.10. The molecule has 0 spiro atoms. The first-order valence-electron chi connectivity index (χ1n) is 8.83. The fourth-order valence-corrected chi connectivity index (χ4v) is 3.31. The molecule has 31 heavy (non-hydrogen) atoms. The van der Waals surface area contributed by atoms with E-state index >= 15 is 0 Å². The van der Waals surface area contributed by atoms with Crippen LogP contribution in [0, 0.1) is 5.82 Å². The first kappa shape index (κ1) is 22.4. The largest absolute Gasteiger partial charge is 0.504 e. The number of carboxylic acids is 1. The van der Waals surface area contributed by atoms with Crippen LogP contribution in [0.25, 0.3) is 11.3 Å². The van der Waals surface area contributed by atoms with E-state index in [1.807, 2.05) is 0 Å². The third-order valence-corrected chi connectivity index (χ3v) is 5.07. The number of anilines is 1. The minimum atomic E-state index is -1.02. The molecular formula is C20H17BrFN5O3S. The molecule has 1 aromatic heterocycles. The van der Waals surface area contributed by atoms with Crippen molar-refractivity contribution in [1.82, 2.24) is 15.2 Å². The number of carboxylic acid groups (broad SMARTS) is 1. The van der Waals surface area contributed by atoms with Crippen LogP contribution in [0.15, 0.2) is 52.0 Å². The first-order valence-corrected chi connectivity index (χ1v) is 10.0. The summed E-state index contributed by atoms with van der Waals surface area (Å²) in [5.41, 5.74) is 4.98. The maximum atomic E-state index is 13.5. The van der Waals surface area contributed by atoms with Crippen molar-refractivity contribution in [3.05, 3.63) is 64.0 Å². The SMILES string of the molecule is C/C(=N/NC(=S)Nc1ccc(C(=O)O)cc1)c1nn(C)c(-c2ccc(F)c(Br)c2)c1O. The van der Waals surface area contributed by atoms with Crippen LogP contribution in [-0.2, 0) is 7.05 Å². The zero-order valence-corrected chi connectivity index (χ0v) is 18.8. The van der Waals surface area contributed by atoms with Crippen molar-refractivity contribution in [1.29, 1.82) is 0 Å². The first-order chi connectivity index (χ1) is 14.7. The van der Waals surface area contributed by atoms with Gasteiger partial charge in [0.1, 0.15) is 11.5 Å². The standard InChI is InChI=1S/C20H17BrFN5O3S/c1-10(24-25-20(31)23-13-6-3-11(4-7-13)19(29)30)16-18(28)17(27(2)26-16)12-5-8-15(22)14(21)9-12/h3-9,28H,1-2H3,(H,29,30)(H2,23,25,31)/b24-10-. The van der Waals surface area contributed by atoms with Crippen molar-refractivity contribution in [2.75, 3.05) is 5.32 Å². The Kier molecular flexibility index (Phi) is 6.66. The van der Waals surface area contributed by atoms with E-state index in [9.17, 15) is 14.3 Å². The molecule has 0 bridgehead atoms. The van der Waals surface area contributed by atoms with Crippen LogP contribution in [-0.4, -0.2) is 36.8 Å². The highest BCUT2D eigenvalue weighted by Crippen LogP contribution is 2.34. The van der Waals surface area contributed by atoms with Crippen LogP contribution >= 0.6 is 28.1 Å². The van der Waals surface area contributed by atoms with Crippen molar-refractivity contribution >= 4 is 50.6 Å². The lowest BCUT2D eigenvalue weighted by atomic mass is 10.1. The molecule has 0 radical (unpaired) electrons. The number of benzene rings is 2. The average molecular weight is 506 g/mol. The summed E-state index contributed by atoms with van der Waals surface area (Å²) >= 11 is 8.32. The third kappa shape index (κ3) is 5.06. The van der Waals surface area contributed by atoms with Gasteiger partial charge in [-0.2, -0.15) is 10.2 Å². The smallest absolute Gasteiger partial charge is 0.335 e. The Bertz CT molecular complexity index is 1190. The van der Waals surface area contributed by atoms with Crippen molar-refractivity contribution in [3.8, 4) is 17.0 Å². The lowest BCUT2D eigenvalue weighted by Crippen LogP contribution is -2.25. The molecule has 0 saturated carbocycles. The number of thiocarbonyl (C=S) groups is 1. The Morgan fingerprint density at radius 2 is 1.94 bits per heavy atom. The molecular weight excluding hydrogens is 489 g/mol. The molecule has 0 unspecified atom stereocenters. The number of rotatable bonds is 5. The number of hydrogen-bond donors (Lipinski definition) is 4. The molecule has 160 valence electrons. The molecule has 0 amide bonds. The molecule has 0 aliphatic heterocycles. The number of aromatic carboxylic acids is 1. The Labute approximate surface area is 190 Å². The van der Waals surface area contributed by atoms with Gasteiger partial charge in [-0.25, -0.2) is 9.18 Å². The third-order valence-electron chi connectivity index (χ3n) is 4.27. The Hall–Kier alpha value is -3.31.